The molecule has 4 rings (SSSR count). The lowest BCUT2D eigenvalue weighted by Gasteiger charge is -2.24. The summed E-state index contributed by atoms with van der Waals surface area (Å²) in [6.07, 6.45) is 1.68. The largest absolute Gasteiger partial charge is 0.508 e. The maximum absolute atomic E-state index is 9.61. The van der Waals surface area contributed by atoms with Crippen LogP contribution in [-0.4, -0.2) is 20.3 Å². The quantitative estimate of drug-likeness (QED) is 0.663. The molecule has 1 aliphatic heterocycles. The van der Waals surface area contributed by atoms with Crippen molar-refractivity contribution in [3.05, 3.63) is 71.2 Å². The van der Waals surface area contributed by atoms with Crippen molar-refractivity contribution in [1.82, 2.24) is 15.2 Å². The Bertz CT molecular complexity index is 1000. The number of aromatic nitrogens is 3. The van der Waals surface area contributed by atoms with E-state index in [1.165, 1.54) is 0 Å². The van der Waals surface area contributed by atoms with Crippen LogP contribution in [-0.2, 0) is 0 Å². The van der Waals surface area contributed by atoms with Crippen LogP contribution in [0.1, 0.15) is 17.0 Å². The summed E-state index contributed by atoms with van der Waals surface area (Å²) in [6, 6.07) is 14.3. The van der Waals surface area contributed by atoms with Crippen molar-refractivity contribution >= 4 is 0 Å². The molecule has 0 saturated heterocycles. The van der Waals surface area contributed by atoms with E-state index in [9.17, 15) is 10.4 Å². The van der Waals surface area contributed by atoms with Gasteiger partial charge in [-0.2, -0.15) is 5.26 Å². The Morgan fingerprint density at radius 3 is 2.68 bits per heavy atom. The van der Waals surface area contributed by atoms with Gasteiger partial charge >= 0.3 is 0 Å². The molecule has 0 bridgehead atoms. The maximum Gasteiger partial charge on any atom is 0.244 e. The SMILES string of the molecule is N#CC1=C(N)Oc2n[nH]c(-c3ccccn3)c2[C@H]1c1ccc(O)cc1. The van der Waals surface area contributed by atoms with Crippen molar-refractivity contribution in [1.29, 1.82) is 5.26 Å². The molecule has 4 N–H and O–H groups in total. The number of pyridine rings is 1. The second kappa shape index (κ2) is 5.69. The van der Waals surface area contributed by atoms with Crippen LogP contribution in [0, 0.1) is 11.3 Å². The number of aromatic hydroxyl groups is 1. The van der Waals surface area contributed by atoms with Crippen molar-refractivity contribution in [3.8, 4) is 29.1 Å². The Balaban J connectivity index is 1.95. The number of hydrogen-bond acceptors (Lipinski definition) is 6. The molecular weight excluding hydrogens is 318 g/mol. The Hall–Kier alpha value is -3.79. The third-order valence-electron chi connectivity index (χ3n) is 4.09. The number of phenolic OH excluding ortho intramolecular Hbond substituents is 1. The predicted octanol–water partition coefficient (Wildman–Crippen LogP) is 2.40. The molecule has 0 aliphatic carbocycles. The Kier molecular flexibility index (Phi) is 3.36. The number of rotatable bonds is 2. The topological polar surface area (TPSA) is 121 Å². The summed E-state index contributed by atoms with van der Waals surface area (Å²) in [6.45, 7) is 0. The van der Waals surface area contributed by atoms with E-state index in [1.807, 2.05) is 18.2 Å². The number of phenols is 1. The van der Waals surface area contributed by atoms with E-state index in [-0.39, 0.29) is 17.2 Å². The molecule has 2 aromatic heterocycles. The minimum absolute atomic E-state index is 0.0205. The minimum Gasteiger partial charge on any atom is -0.508 e. The van der Waals surface area contributed by atoms with Gasteiger partial charge in [0, 0.05) is 6.20 Å². The minimum atomic E-state index is -0.467. The maximum atomic E-state index is 9.61. The first kappa shape index (κ1) is 14.8. The standard InChI is InChI=1S/C18H13N5O2/c19-9-12-14(10-4-6-11(24)7-5-10)15-16(13-3-1-2-8-21-13)22-23-18(15)25-17(12)20/h1-8,14,24H,20H2,(H,22,23)/t14-/m0/s1. The molecule has 7 nitrogen and oxygen atoms in total. The number of H-pyrrole nitrogens is 1. The summed E-state index contributed by atoms with van der Waals surface area (Å²) < 4.78 is 5.53. The smallest absolute Gasteiger partial charge is 0.244 e. The van der Waals surface area contributed by atoms with Gasteiger partial charge in [-0.15, -0.1) is 5.10 Å². The van der Waals surface area contributed by atoms with Crippen LogP contribution in [0.15, 0.2) is 60.1 Å². The lowest BCUT2D eigenvalue weighted by molar-refractivity contribution is 0.379. The Labute approximate surface area is 143 Å². The molecule has 0 amide bonds. The fourth-order valence-electron chi connectivity index (χ4n) is 2.95. The second-order valence-corrected chi connectivity index (χ2v) is 5.55. The molecule has 3 aromatic rings. The number of nitriles is 1. The highest BCUT2D eigenvalue weighted by atomic mass is 16.5. The van der Waals surface area contributed by atoms with Crippen molar-refractivity contribution in [2.45, 2.75) is 5.92 Å². The van der Waals surface area contributed by atoms with Crippen molar-refractivity contribution in [2.24, 2.45) is 5.73 Å². The average molecular weight is 331 g/mol. The number of aromatic amines is 1. The molecule has 0 unspecified atom stereocenters. The molecule has 0 saturated carbocycles. The number of nitrogens with zero attached hydrogens (tertiary/aromatic N) is 3. The van der Waals surface area contributed by atoms with Gasteiger partial charge in [-0.05, 0) is 29.8 Å². The van der Waals surface area contributed by atoms with E-state index in [4.69, 9.17) is 10.5 Å². The Morgan fingerprint density at radius 1 is 1.20 bits per heavy atom. The van der Waals surface area contributed by atoms with Gasteiger partial charge in [0.05, 0.1) is 22.9 Å². The van der Waals surface area contributed by atoms with Crippen molar-refractivity contribution in [2.75, 3.05) is 0 Å². The van der Waals surface area contributed by atoms with Crippen molar-refractivity contribution in [3.63, 3.8) is 0 Å². The lowest BCUT2D eigenvalue weighted by atomic mass is 9.83. The first-order chi connectivity index (χ1) is 12.2. The fraction of sp³-hybridized carbons (Fsp3) is 0.0556. The second-order valence-electron chi connectivity index (χ2n) is 5.55. The number of benzene rings is 1. The Morgan fingerprint density at radius 2 is 2.00 bits per heavy atom. The summed E-state index contributed by atoms with van der Waals surface area (Å²) in [5, 5.41) is 26.3. The van der Waals surface area contributed by atoms with Crippen LogP contribution in [0.25, 0.3) is 11.4 Å². The molecule has 122 valence electrons. The number of fused-ring (bicyclic) bond motifs is 1. The molecule has 1 aromatic carbocycles. The van der Waals surface area contributed by atoms with Gasteiger partial charge in [0.25, 0.3) is 0 Å². The number of nitrogens with one attached hydrogen (secondary N) is 1. The van der Waals surface area contributed by atoms with Gasteiger partial charge in [0.1, 0.15) is 17.4 Å². The highest BCUT2D eigenvalue weighted by Gasteiger charge is 2.35. The van der Waals surface area contributed by atoms with Crippen LogP contribution in [0.2, 0.25) is 0 Å². The first-order valence-electron chi connectivity index (χ1n) is 7.55. The summed E-state index contributed by atoms with van der Waals surface area (Å²) >= 11 is 0. The molecule has 1 atom stereocenters. The fourth-order valence-corrected chi connectivity index (χ4v) is 2.95. The zero-order valence-electron chi connectivity index (χ0n) is 13.0. The molecular formula is C18H13N5O2. The van der Waals surface area contributed by atoms with Gasteiger partial charge in [-0.25, -0.2) is 0 Å². The number of ether oxygens (including phenoxy) is 1. The summed E-state index contributed by atoms with van der Waals surface area (Å²) in [5.74, 6) is 0.0103. The predicted molar refractivity (Wildman–Crippen MR) is 89.2 cm³/mol. The van der Waals surface area contributed by atoms with Crippen LogP contribution in [0.5, 0.6) is 11.6 Å². The molecule has 25 heavy (non-hydrogen) atoms. The van der Waals surface area contributed by atoms with E-state index >= 15 is 0 Å². The van der Waals surface area contributed by atoms with Crippen LogP contribution in [0.4, 0.5) is 0 Å². The molecule has 7 heteroatoms. The lowest BCUT2D eigenvalue weighted by Crippen LogP contribution is -2.21. The number of allylic oxidation sites excluding steroid dienone is 1. The zero-order valence-corrected chi connectivity index (χ0v) is 13.0. The highest BCUT2D eigenvalue weighted by Crippen LogP contribution is 2.45. The van der Waals surface area contributed by atoms with Crippen molar-refractivity contribution < 1.29 is 9.84 Å². The van der Waals surface area contributed by atoms with E-state index < -0.39 is 5.92 Å². The van der Waals surface area contributed by atoms with Gasteiger partial charge in [0.2, 0.25) is 11.8 Å². The van der Waals surface area contributed by atoms with E-state index in [0.29, 0.717) is 22.8 Å². The zero-order chi connectivity index (χ0) is 17.4. The van der Waals surface area contributed by atoms with Gasteiger partial charge < -0.3 is 15.6 Å². The van der Waals surface area contributed by atoms with Gasteiger partial charge in [0.15, 0.2) is 0 Å². The molecule has 0 fully saturated rings. The summed E-state index contributed by atoms with van der Waals surface area (Å²) in [7, 11) is 0. The normalized spacial score (nSPS) is 16.0. The summed E-state index contributed by atoms with van der Waals surface area (Å²) in [5.41, 5.74) is 9.04. The van der Waals surface area contributed by atoms with Crippen LogP contribution >= 0.6 is 0 Å². The molecule has 0 radical (unpaired) electrons. The highest BCUT2D eigenvalue weighted by molar-refractivity contribution is 5.68. The molecule has 3 heterocycles. The van der Waals surface area contributed by atoms with E-state index in [2.05, 4.69) is 21.3 Å². The molecule has 1 aliphatic rings. The van der Waals surface area contributed by atoms with Gasteiger partial charge in [-0.1, -0.05) is 18.2 Å². The third-order valence-corrected chi connectivity index (χ3v) is 4.09. The number of nitrogens with two attached hydrogens (primary N) is 1. The van der Waals surface area contributed by atoms with Crippen LogP contribution in [0.3, 0.4) is 0 Å². The van der Waals surface area contributed by atoms with E-state index in [1.54, 1.807) is 30.5 Å². The third kappa shape index (κ3) is 2.37. The average Bonchev–Trinajstić information content (AvgIpc) is 3.05. The van der Waals surface area contributed by atoms with E-state index in [0.717, 1.165) is 5.56 Å². The summed E-state index contributed by atoms with van der Waals surface area (Å²) in [4.78, 5) is 4.34. The number of hydrogen-bond donors (Lipinski definition) is 3. The monoisotopic (exact) mass is 331 g/mol. The first-order valence-corrected chi connectivity index (χ1v) is 7.55. The van der Waals surface area contributed by atoms with Gasteiger partial charge in [-0.3, -0.25) is 10.1 Å². The molecule has 0 spiro atoms. The van der Waals surface area contributed by atoms with Crippen LogP contribution < -0.4 is 10.5 Å².